The Hall–Kier alpha value is -0.320. The van der Waals surface area contributed by atoms with Gasteiger partial charge in [-0.2, -0.15) is 0 Å². The van der Waals surface area contributed by atoms with Crippen LogP contribution in [0.4, 0.5) is 0 Å². The summed E-state index contributed by atoms with van der Waals surface area (Å²) in [6.07, 6.45) is 2.38. The standard InChI is InChI=1S/C12H18INO/c1-5-11(15)14-7-6-9(10(13)8-14)12(2,3)4/h5H,1,6-8H2,2-4H3. The molecule has 15 heavy (non-hydrogen) atoms. The van der Waals surface area contributed by atoms with Gasteiger partial charge in [-0.3, -0.25) is 4.79 Å². The molecule has 0 aliphatic carbocycles. The number of carbonyl (C=O) groups excluding carboxylic acids is 1. The molecule has 0 spiro atoms. The minimum Gasteiger partial charge on any atom is -0.334 e. The molecule has 3 heteroatoms. The Kier molecular flexibility index (Phi) is 3.98. The fourth-order valence-electron chi connectivity index (χ4n) is 1.82. The van der Waals surface area contributed by atoms with Gasteiger partial charge >= 0.3 is 0 Å². The molecule has 84 valence electrons. The SMILES string of the molecule is C=CC(=O)N1CCC(C(C)(C)C)=C(I)C1. The zero-order valence-corrected chi connectivity index (χ0v) is 11.8. The molecule has 0 N–H and O–H groups in total. The average Bonchev–Trinajstić information content (AvgIpc) is 2.14. The highest BCUT2D eigenvalue weighted by Crippen LogP contribution is 2.36. The summed E-state index contributed by atoms with van der Waals surface area (Å²) < 4.78 is 1.31. The number of nitrogens with zero attached hydrogens (tertiary/aromatic N) is 1. The van der Waals surface area contributed by atoms with Gasteiger partial charge in [0, 0.05) is 10.1 Å². The van der Waals surface area contributed by atoms with Crippen LogP contribution >= 0.6 is 22.6 Å². The minimum atomic E-state index is 0.0390. The van der Waals surface area contributed by atoms with Crippen LogP contribution in [0.2, 0.25) is 0 Å². The molecule has 0 unspecified atom stereocenters. The third-order valence-corrected chi connectivity index (χ3v) is 3.67. The summed E-state index contributed by atoms with van der Waals surface area (Å²) in [7, 11) is 0. The van der Waals surface area contributed by atoms with Crippen molar-refractivity contribution in [2.75, 3.05) is 13.1 Å². The van der Waals surface area contributed by atoms with Crippen LogP contribution in [0.15, 0.2) is 21.8 Å². The molecule has 2 nitrogen and oxygen atoms in total. The second-order valence-corrected chi connectivity index (χ2v) is 6.15. The zero-order valence-electron chi connectivity index (χ0n) is 9.64. The number of hydrogen-bond acceptors (Lipinski definition) is 1. The largest absolute Gasteiger partial charge is 0.334 e. The highest BCUT2D eigenvalue weighted by Gasteiger charge is 2.26. The van der Waals surface area contributed by atoms with E-state index in [-0.39, 0.29) is 11.3 Å². The maximum Gasteiger partial charge on any atom is 0.246 e. The van der Waals surface area contributed by atoms with Gasteiger partial charge in [-0.15, -0.1) is 0 Å². The molecule has 0 bridgehead atoms. The van der Waals surface area contributed by atoms with Crippen LogP contribution in [0.1, 0.15) is 27.2 Å². The summed E-state index contributed by atoms with van der Waals surface area (Å²) in [6.45, 7) is 11.8. The van der Waals surface area contributed by atoms with Gasteiger partial charge in [0.05, 0.1) is 6.54 Å². The van der Waals surface area contributed by atoms with Gasteiger partial charge in [0.25, 0.3) is 0 Å². The quantitative estimate of drug-likeness (QED) is 0.537. The van der Waals surface area contributed by atoms with Crippen molar-refractivity contribution >= 4 is 28.5 Å². The van der Waals surface area contributed by atoms with E-state index < -0.39 is 0 Å². The van der Waals surface area contributed by atoms with Crippen molar-refractivity contribution in [3.05, 3.63) is 21.8 Å². The van der Waals surface area contributed by atoms with Crippen molar-refractivity contribution < 1.29 is 4.79 Å². The van der Waals surface area contributed by atoms with Crippen LogP contribution in [-0.2, 0) is 4.79 Å². The van der Waals surface area contributed by atoms with E-state index >= 15 is 0 Å². The second-order valence-electron chi connectivity index (χ2n) is 4.85. The molecule has 1 rings (SSSR count). The van der Waals surface area contributed by atoms with E-state index in [1.807, 2.05) is 4.90 Å². The fraction of sp³-hybridized carbons (Fsp3) is 0.583. The topological polar surface area (TPSA) is 20.3 Å². The Balaban J connectivity index is 2.83. The summed E-state index contributed by atoms with van der Waals surface area (Å²) in [5.74, 6) is 0.0390. The van der Waals surface area contributed by atoms with Crippen molar-refractivity contribution in [3.8, 4) is 0 Å². The molecule has 0 aromatic rings. The Bertz CT molecular complexity index is 312. The van der Waals surface area contributed by atoms with Crippen LogP contribution in [-0.4, -0.2) is 23.9 Å². The Morgan fingerprint density at radius 3 is 2.53 bits per heavy atom. The number of hydrogen-bond donors (Lipinski definition) is 0. The van der Waals surface area contributed by atoms with Crippen molar-refractivity contribution in [2.24, 2.45) is 5.41 Å². The molecular formula is C12H18INO. The normalized spacial score (nSPS) is 18.0. The van der Waals surface area contributed by atoms with E-state index in [0.717, 1.165) is 19.5 Å². The molecule has 0 radical (unpaired) electrons. The minimum absolute atomic E-state index is 0.0390. The number of rotatable bonds is 1. The van der Waals surface area contributed by atoms with Crippen molar-refractivity contribution in [1.82, 2.24) is 4.90 Å². The number of halogens is 1. The highest BCUT2D eigenvalue weighted by molar-refractivity contribution is 14.1. The van der Waals surface area contributed by atoms with Crippen molar-refractivity contribution in [2.45, 2.75) is 27.2 Å². The monoisotopic (exact) mass is 319 g/mol. The highest BCUT2D eigenvalue weighted by atomic mass is 127. The third-order valence-electron chi connectivity index (χ3n) is 2.68. The van der Waals surface area contributed by atoms with Crippen LogP contribution in [0, 0.1) is 5.41 Å². The van der Waals surface area contributed by atoms with Gasteiger partial charge < -0.3 is 4.90 Å². The molecule has 0 fully saturated rings. The first-order chi connectivity index (χ1) is 6.86. The summed E-state index contributed by atoms with van der Waals surface area (Å²) in [5, 5.41) is 0. The molecule has 0 aromatic heterocycles. The maximum absolute atomic E-state index is 11.5. The Morgan fingerprint density at radius 1 is 1.53 bits per heavy atom. The molecular weight excluding hydrogens is 301 g/mol. The summed E-state index contributed by atoms with van der Waals surface area (Å²) in [4.78, 5) is 13.3. The number of amides is 1. The first-order valence-electron chi connectivity index (χ1n) is 5.15. The van der Waals surface area contributed by atoms with E-state index in [4.69, 9.17) is 0 Å². The molecule has 1 amide bonds. The van der Waals surface area contributed by atoms with Crippen LogP contribution in [0.5, 0.6) is 0 Å². The van der Waals surface area contributed by atoms with Gasteiger partial charge in [-0.05, 0) is 40.5 Å². The lowest BCUT2D eigenvalue weighted by atomic mass is 9.83. The summed E-state index contributed by atoms with van der Waals surface area (Å²) in [6, 6.07) is 0. The second kappa shape index (κ2) is 4.68. The van der Waals surface area contributed by atoms with Crippen molar-refractivity contribution in [1.29, 1.82) is 0 Å². The van der Waals surface area contributed by atoms with E-state index in [1.54, 1.807) is 0 Å². The van der Waals surface area contributed by atoms with Gasteiger partial charge in [0.1, 0.15) is 0 Å². The van der Waals surface area contributed by atoms with Crippen molar-refractivity contribution in [3.63, 3.8) is 0 Å². The third kappa shape index (κ3) is 3.06. The molecule has 1 heterocycles. The van der Waals surface area contributed by atoms with Gasteiger partial charge in [-0.1, -0.05) is 32.9 Å². The predicted octanol–water partition coefficient (Wildman–Crippen LogP) is 3.14. The van der Waals surface area contributed by atoms with Gasteiger partial charge in [0.2, 0.25) is 5.91 Å². The molecule has 0 atom stereocenters. The van der Waals surface area contributed by atoms with E-state index in [0.29, 0.717) is 0 Å². The predicted molar refractivity (Wildman–Crippen MR) is 71.9 cm³/mol. The lowest BCUT2D eigenvalue weighted by Gasteiger charge is -2.34. The molecule has 0 aromatic carbocycles. The Morgan fingerprint density at radius 2 is 2.13 bits per heavy atom. The number of carbonyl (C=O) groups is 1. The maximum atomic E-state index is 11.5. The average molecular weight is 319 g/mol. The van der Waals surface area contributed by atoms with Gasteiger partial charge in [-0.25, -0.2) is 0 Å². The van der Waals surface area contributed by atoms with E-state index in [2.05, 4.69) is 49.9 Å². The van der Waals surface area contributed by atoms with Gasteiger partial charge in [0.15, 0.2) is 0 Å². The summed E-state index contributed by atoms with van der Waals surface area (Å²) >= 11 is 2.36. The zero-order chi connectivity index (χ0) is 11.6. The fourth-order valence-corrected chi connectivity index (χ4v) is 3.31. The van der Waals surface area contributed by atoms with Crippen LogP contribution in [0.3, 0.4) is 0 Å². The molecule has 1 aliphatic rings. The molecule has 1 aliphatic heterocycles. The Labute approximate surface area is 106 Å². The molecule has 0 saturated carbocycles. The molecule has 0 saturated heterocycles. The van der Waals surface area contributed by atoms with E-state index in [1.165, 1.54) is 15.2 Å². The summed E-state index contributed by atoms with van der Waals surface area (Å²) in [5.41, 5.74) is 1.70. The van der Waals surface area contributed by atoms with Crippen LogP contribution in [0.25, 0.3) is 0 Å². The lowest BCUT2D eigenvalue weighted by Crippen LogP contribution is -2.36. The lowest BCUT2D eigenvalue weighted by molar-refractivity contribution is -0.125. The first-order valence-corrected chi connectivity index (χ1v) is 6.23. The van der Waals surface area contributed by atoms with Crippen LogP contribution < -0.4 is 0 Å². The van der Waals surface area contributed by atoms with E-state index in [9.17, 15) is 4.79 Å². The first kappa shape index (κ1) is 12.7. The smallest absolute Gasteiger partial charge is 0.246 e.